The number of nitrogens with zero attached hydrogens (tertiary/aromatic N) is 2. The van der Waals surface area contributed by atoms with Crippen LogP contribution < -0.4 is 15.4 Å². The zero-order valence-corrected chi connectivity index (χ0v) is 19.8. The average Bonchev–Trinajstić information content (AvgIpc) is 2.66. The molecule has 0 aliphatic heterocycles. The third-order valence-electron chi connectivity index (χ3n) is 4.32. The van der Waals surface area contributed by atoms with Crippen molar-refractivity contribution in [2.24, 2.45) is 4.99 Å². The van der Waals surface area contributed by atoms with E-state index in [2.05, 4.69) is 48.6 Å². The van der Waals surface area contributed by atoms with E-state index in [1.54, 1.807) is 14.2 Å². The Balaban J connectivity index is 0.00000676. The van der Waals surface area contributed by atoms with Crippen molar-refractivity contribution in [3.05, 3.63) is 29.8 Å². The molecule has 0 aliphatic carbocycles. The maximum Gasteiger partial charge on any atom is 0.191 e. The number of guanidine groups is 1. The first-order valence-electron chi connectivity index (χ1n) is 9.44. The van der Waals surface area contributed by atoms with Crippen molar-refractivity contribution < 1.29 is 9.47 Å². The van der Waals surface area contributed by atoms with Gasteiger partial charge in [0.05, 0.1) is 13.7 Å². The van der Waals surface area contributed by atoms with E-state index in [9.17, 15) is 0 Å². The van der Waals surface area contributed by atoms with Gasteiger partial charge < -0.3 is 25.0 Å². The van der Waals surface area contributed by atoms with Crippen LogP contribution in [0.1, 0.15) is 31.7 Å². The standard InChI is InChI=1S/C20H36N4O2.HI/c1-6-21-20(23-13-14-24(3)15-16-25-4)22-12-11-17(2)18-7-9-19(26-5)10-8-18;/h7-10,17H,6,11-16H2,1-5H3,(H2,21,22,23);1H. The molecule has 1 aromatic rings. The van der Waals surface area contributed by atoms with Gasteiger partial charge in [-0.15, -0.1) is 24.0 Å². The molecule has 2 N–H and O–H groups in total. The van der Waals surface area contributed by atoms with Crippen LogP contribution in [0, 0.1) is 0 Å². The van der Waals surface area contributed by atoms with E-state index >= 15 is 0 Å². The second-order valence-electron chi connectivity index (χ2n) is 6.45. The number of ether oxygens (including phenoxy) is 2. The summed E-state index contributed by atoms with van der Waals surface area (Å²) in [5.74, 6) is 2.25. The molecule has 7 heteroatoms. The minimum Gasteiger partial charge on any atom is -0.497 e. The second kappa shape index (κ2) is 15.9. The van der Waals surface area contributed by atoms with Crippen molar-refractivity contribution in [3.63, 3.8) is 0 Å². The van der Waals surface area contributed by atoms with E-state index in [1.165, 1.54) is 5.56 Å². The summed E-state index contributed by atoms with van der Waals surface area (Å²) in [5.41, 5.74) is 1.32. The summed E-state index contributed by atoms with van der Waals surface area (Å²) in [4.78, 5) is 6.94. The van der Waals surface area contributed by atoms with Crippen molar-refractivity contribution in [3.8, 4) is 5.75 Å². The summed E-state index contributed by atoms with van der Waals surface area (Å²) >= 11 is 0. The normalized spacial score (nSPS) is 12.4. The van der Waals surface area contributed by atoms with Gasteiger partial charge in [-0.2, -0.15) is 0 Å². The molecule has 0 bridgehead atoms. The second-order valence-corrected chi connectivity index (χ2v) is 6.45. The smallest absolute Gasteiger partial charge is 0.191 e. The van der Waals surface area contributed by atoms with Crippen LogP contribution in [0.4, 0.5) is 0 Å². The van der Waals surface area contributed by atoms with Gasteiger partial charge >= 0.3 is 0 Å². The summed E-state index contributed by atoms with van der Waals surface area (Å²) in [6.45, 7) is 9.49. The number of hydrogen-bond donors (Lipinski definition) is 2. The molecule has 0 aromatic heterocycles. The number of rotatable bonds is 12. The van der Waals surface area contributed by atoms with E-state index in [0.29, 0.717) is 5.92 Å². The van der Waals surface area contributed by atoms with Gasteiger partial charge in [0, 0.05) is 39.8 Å². The summed E-state index contributed by atoms with van der Waals surface area (Å²) < 4.78 is 10.3. The Morgan fingerprint density at radius 1 is 1.15 bits per heavy atom. The molecule has 6 nitrogen and oxygen atoms in total. The molecule has 27 heavy (non-hydrogen) atoms. The molecule has 0 radical (unpaired) electrons. The first-order chi connectivity index (χ1) is 12.6. The molecule has 0 amide bonds. The first-order valence-corrected chi connectivity index (χ1v) is 9.44. The SMILES string of the molecule is CCNC(=NCCC(C)c1ccc(OC)cc1)NCCN(C)CCOC.I. The molecule has 0 heterocycles. The minimum absolute atomic E-state index is 0. The van der Waals surface area contributed by atoms with Gasteiger partial charge in [0.1, 0.15) is 5.75 Å². The number of halogens is 1. The Kier molecular flexibility index (Phi) is 15.3. The minimum atomic E-state index is 0. The molecule has 156 valence electrons. The van der Waals surface area contributed by atoms with E-state index in [1.807, 2.05) is 12.1 Å². The zero-order chi connectivity index (χ0) is 19.2. The molecule has 0 saturated carbocycles. The van der Waals surface area contributed by atoms with Crippen LogP contribution in [0.25, 0.3) is 0 Å². The highest BCUT2D eigenvalue weighted by Gasteiger charge is 2.06. The van der Waals surface area contributed by atoms with Gasteiger partial charge in [-0.1, -0.05) is 19.1 Å². The van der Waals surface area contributed by atoms with Crippen molar-refractivity contribution >= 4 is 29.9 Å². The number of benzene rings is 1. The summed E-state index contributed by atoms with van der Waals surface area (Å²) in [7, 11) is 5.52. The highest BCUT2D eigenvalue weighted by Crippen LogP contribution is 2.21. The number of methoxy groups -OCH3 is 2. The molecule has 0 saturated heterocycles. The number of hydrogen-bond acceptors (Lipinski definition) is 4. The third-order valence-corrected chi connectivity index (χ3v) is 4.32. The molecular weight excluding hydrogens is 455 g/mol. The number of nitrogens with one attached hydrogen (secondary N) is 2. The predicted molar refractivity (Wildman–Crippen MR) is 125 cm³/mol. The van der Waals surface area contributed by atoms with Crippen LogP contribution in [0.3, 0.4) is 0 Å². The van der Waals surface area contributed by atoms with Gasteiger partial charge in [-0.25, -0.2) is 0 Å². The van der Waals surface area contributed by atoms with Crippen LogP contribution >= 0.6 is 24.0 Å². The lowest BCUT2D eigenvalue weighted by Gasteiger charge is -2.18. The Hall–Kier alpha value is -1.06. The van der Waals surface area contributed by atoms with E-state index in [0.717, 1.165) is 57.5 Å². The molecule has 0 spiro atoms. The molecular formula is C20H37IN4O2. The molecule has 0 fully saturated rings. The lowest BCUT2D eigenvalue weighted by atomic mass is 9.98. The average molecular weight is 492 g/mol. The molecule has 0 aliphatic rings. The Morgan fingerprint density at radius 3 is 2.44 bits per heavy atom. The van der Waals surface area contributed by atoms with Gasteiger partial charge in [0.2, 0.25) is 0 Å². The first kappa shape index (κ1) is 25.9. The van der Waals surface area contributed by atoms with E-state index < -0.39 is 0 Å². The van der Waals surface area contributed by atoms with Crippen molar-refractivity contribution in [2.75, 3.05) is 60.6 Å². The van der Waals surface area contributed by atoms with Crippen LogP contribution in [0.15, 0.2) is 29.3 Å². The van der Waals surface area contributed by atoms with Gasteiger partial charge in [0.15, 0.2) is 5.96 Å². The van der Waals surface area contributed by atoms with Crippen LogP contribution in [0.5, 0.6) is 5.75 Å². The highest BCUT2D eigenvalue weighted by atomic mass is 127. The maximum absolute atomic E-state index is 5.22. The quantitative estimate of drug-likeness (QED) is 0.267. The van der Waals surface area contributed by atoms with Crippen molar-refractivity contribution in [2.45, 2.75) is 26.2 Å². The number of aliphatic imine (C=N–C) groups is 1. The number of likely N-dealkylation sites (N-methyl/N-ethyl adjacent to an activating group) is 1. The molecule has 1 unspecified atom stereocenters. The van der Waals surface area contributed by atoms with Crippen LogP contribution in [-0.2, 0) is 4.74 Å². The van der Waals surface area contributed by atoms with Crippen molar-refractivity contribution in [1.29, 1.82) is 0 Å². The fourth-order valence-corrected chi connectivity index (χ4v) is 2.53. The summed E-state index contributed by atoms with van der Waals surface area (Å²) in [6.07, 6.45) is 1.01. The van der Waals surface area contributed by atoms with Crippen LogP contribution in [0.2, 0.25) is 0 Å². The van der Waals surface area contributed by atoms with Gasteiger partial charge in [-0.3, -0.25) is 4.99 Å². The Morgan fingerprint density at radius 2 is 1.85 bits per heavy atom. The monoisotopic (exact) mass is 492 g/mol. The van der Waals surface area contributed by atoms with Crippen molar-refractivity contribution in [1.82, 2.24) is 15.5 Å². The molecule has 1 aromatic carbocycles. The lowest BCUT2D eigenvalue weighted by molar-refractivity contribution is 0.162. The lowest BCUT2D eigenvalue weighted by Crippen LogP contribution is -2.41. The molecule has 1 atom stereocenters. The summed E-state index contributed by atoms with van der Waals surface area (Å²) in [6, 6.07) is 8.29. The Bertz CT molecular complexity index is 511. The van der Waals surface area contributed by atoms with Gasteiger partial charge in [-0.05, 0) is 44.0 Å². The maximum atomic E-state index is 5.22. The third kappa shape index (κ3) is 11.4. The largest absolute Gasteiger partial charge is 0.497 e. The fourth-order valence-electron chi connectivity index (χ4n) is 2.53. The van der Waals surface area contributed by atoms with E-state index in [4.69, 9.17) is 14.5 Å². The van der Waals surface area contributed by atoms with Gasteiger partial charge in [0.25, 0.3) is 0 Å². The van der Waals surface area contributed by atoms with Crippen LogP contribution in [-0.4, -0.2) is 71.5 Å². The summed E-state index contributed by atoms with van der Waals surface area (Å²) in [5, 5.41) is 6.70. The fraction of sp³-hybridized carbons (Fsp3) is 0.650. The predicted octanol–water partition coefficient (Wildman–Crippen LogP) is 2.94. The van der Waals surface area contributed by atoms with E-state index in [-0.39, 0.29) is 24.0 Å². The Labute approximate surface area is 182 Å². The zero-order valence-electron chi connectivity index (χ0n) is 17.5. The highest BCUT2D eigenvalue weighted by molar-refractivity contribution is 14.0. The topological polar surface area (TPSA) is 58.1 Å². The molecule has 1 rings (SSSR count).